The van der Waals surface area contributed by atoms with Gasteiger partial charge in [0, 0.05) is 25.6 Å². The van der Waals surface area contributed by atoms with Crippen LogP contribution in [0.3, 0.4) is 0 Å². The van der Waals surface area contributed by atoms with Crippen LogP contribution in [0.2, 0.25) is 0 Å². The average Bonchev–Trinajstić information content (AvgIpc) is 2.74. The Bertz CT molecular complexity index is 772. The van der Waals surface area contributed by atoms with E-state index in [9.17, 15) is 14.0 Å². The van der Waals surface area contributed by atoms with Crippen LogP contribution in [0.5, 0.6) is 5.75 Å². The Morgan fingerprint density at radius 2 is 1.71 bits per heavy atom. The molecule has 1 aliphatic heterocycles. The van der Waals surface area contributed by atoms with Gasteiger partial charge in [-0.05, 0) is 49.1 Å². The standard InChI is InChI=1S/C22H25FN2O3/c23-19-8-6-17(7-9-19)10-13-24-22(27)18-11-14-25(15-12-18)21(26)16-28-20-4-2-1-3-5-20/h1-9,18H,10-16H2,(H,24,27). The lowest BCUT2D eigenvalue weighted by Gasteiger charge is -2.31. The normalized spacial score (nSPS) is 14.5. The van der Waals surface area contributed by atoms with Gasteiger partial charge in [0.25, 0.3) is 5.91 Å². The number of carbonyl (C=O) groups is 2. The minimum absolute atomic E-state index is 0.0124. The molecule has 0 spiro atoms. The number of piperidine rings is 1. The second-order valence-electron chi connectivity index (χ2n) is 6.92. The summed E-state index contributed by atoms with van der Waals surface area (Å²) in [5, 5.41) is 2.95. The van der Waals surface area contributed by atoms with E-state index in [1.165, 1.54) is 12.1 Å². The molecular weight excluding hydrogens is 359 g/mol. The summed E-state index contributed by atoms with van der Waals surface area (Å²) < 4.78 is 18.4. The monoisotopic (exact) mass is 384 g/mol. The van der Waals surface area contributed by atoms with Gasteiger partial charge in [-0.1, -0.05) is 30.3 Å². The highest BCUT2D eigenvalue weighted by Gasteiger charge is 2.27. The molecule has 1 N–H and O–H groups in total. The first-order valence-electron chi connectivity index (χ1n) is 9.59. The third-order valence-electron chi connectivity index (χ3n) is 4.95. The largest absolute Gasteiger partial charge is 0.484 e. The summed E-state index contributed by atoms with van der Waals surface area (Å²) in [6.45, 7) is 1.66. The summed E-state index contributed by atoms with van der Waals surface area (Å²) in [5.41, 5.74) is 0.987. The lowest BCUT2D eigenvalue weighted by Crippen LogP contribution is -2.44. The van der Waals surface area contributed by atoms with Gasteiger partial charge < -0.3 is 15.0 Å². The van der Waals surface area contributed by atoms with Crippen molar-refractivity contribution in [3.8, 4) is 5.75 Å². The predicted molar refractivity (Wildman–Crippen MR) is 104 cm³/mol. The number of hydrogen-bond donors (Lipinski definition) is 1. The number of para-hydroxylation sites is 1. The smallest absolute Gasteiger partial charge is 0.260 e. The fraction of sp³-hybridized carbons (Fsp3) is 0.364. The zero-order valence-electron chi connectivity index (χ0n) is 15.8. The van der Waals surface area contributed by atoms with Crippen LogP contribution in [0.15, 0.2) is 54.6 Å². The second kappa shape index (κ2) is 9.88. The highest BCUT2D eigenvalue weighted by Crippen LogP contribution is 2.18. The maximum atomic E-state index is 12.9. The summed E-state index contributed by atoms with van der Waals surface area (Å²) in [4.78, 5) is 26.4. The van der Waals surface area contributed by atoms with Crippen molar-refractivity contribution in [2.45, 2.75) is 19.3 Å². The minimum atomic E-state index is -0.261. The molecule has 0 atom stereocenters. The Kier molecular flexibility index (Phi) is 7.00. The molecule has 1 aliphatic rings. The van der Waals surface area contributed by atoms with Gasteiger partial charge in [-0.3, -0.25) is 9.59 Å². The van der Waals surface area contributed by atoms with E-state index >= 15 is 0 Å². The van der Waals surface area contributed by atoms with Crippen LogP contribution in [0.4, 0.5) is 4.39 Å². The van der Waals surface area contributed by atoms with Crippen molar-refractivity contribution in [2.75, 3.05) is 26.2 Å². The van der Waals surface area contributed by atoms with Gasteiger partial charge in [0.05, 0.1) is 0 Å². The molecule has 0 aromatic heterocycles. The molecule has 6 heteroatoms. The van der Waals surface area contributed by atoms with E-state index in [0.717, 1.165) is 5.56 Å². The van der Waals surface area contributed by atoms with Gasteiger partial charge in [-0.15, -0.1) is 0 Å². The van der Waals surface area contributed by atoms with Crippen molar-refractivity contribution in [1.82, 2.24) is 10.2 Å². The third-order valence-corrected chi connectivity index (χ3v) is 4.95. The molecule has 2 aromatic rings. The van der Waals surface area contributed by atoms with Gasteiger partial charge in [0.15, 0.2) is 6.61 Å². The van der Waals surface area contributed by atoms with Crippen LogP contribution in [0.25, 0.3) is 0 Å². The number of amides is 2. The lowest BCUT2D eigenvalue weighted by molar-refractivity contribution is -0.137. The van der Waals surface area contributed by atoms with Crippen LogP contribution in [0, 0.1) is 11.7 Å². The lowest BCUT2D eigenvalue weighted by atomic mass is 9.96. The fourth-order valence-corrected chi connectivity index (χ4v) is 3.27. The zero-order chi connectivity index (χ0) is 19.8. The molecule has 0 saturated carbocycles. The molecule has 1 saturated heterocycles. The van der Waals surface area contributed by atoms with Crippen molar-refractivity contribution in [3.63, 3.8) is 0 Å². The zero-order valence-corrected chi connectivity index (χ0v) is 15.8. The van der Waals surface area contributed by atoms with E-state index in [-0.39, 0.29) is 30.2 Å². The van der Waals surface area contributed by atoms with Crippen molar-refractivity contribution in [1.29, 1.82) is 0 Å². The average molecular weight is 384 g/mol. The minimum Gasteiger partial charge on any atom is -0.484 e. The van der Waals surface area contributed by atoms with E-state index in [0.29, 0.717) is 44.6 Å². The number of likely N-dealkylation sites (tertiary alicyclic amines) is 1. The first-order valence-corrected chi connectivity index (χ1v) is 9.59. The first-order chi connectivity index (χ1) is 13.6. The number of rotatable bonds is 7. The van der Waals surface area contributed by atoms with Gasteiger partial charge in [0.2, 0.25) is 5.91 Å². The molecule has 28 heavy (non-hydrogen) atoms. The summed E-state index contributed by atoms with van der Waals surface area (Å²) in [6.07, 6.45) is 1.97. The van der Waals surface area contributed by atoms with E-state index < -0.39 is 0 Å². The molecule has 0 aliphatic carbocycles. The van der Waals surface area contributed by atoms with Crippen molar-refractivity contribution >= 4 is 11.8 Å². The maximum absolute atomic E-state index is 12.9. The number of carbonyl (C=O) groups excluding carboxylic acids is 2. The van der Waals surface area contributed by atoms with Crippen molar-refractivity contribution in [2.24, 2.45) is 5.92 Å². The highest BCUT2D eigenvalue weighted by atomic mass is 19.1. The quantitative estimate of drug-likeness (QED) is 0.799. The Morgan fingerprint density at radius 3 is 2.39 bits per heavy atom. The van der Waals surface area contributed by atoms with Crippen LogP contribution in [-0.4, -0.2) is 43.0 Å². The number of benzene rings is 2. The third kappa shape index (κ3) is 5.81. The van der Waals surface area contributed by atoms with Gasteiger partial charge in [-0.25, -0.2) is 4.39 Å². The van der Waals surface area contributed by atoms with Crippen LogP contribution < -0.4 is 10.1 Å². The molecule has 1 fully saturated rings. The Morgan fingerprint density at radius 1 is 1.04 bits per heavy atom. The highest BCUT2D eigenvalue weighted by molar-refractivity contribution is 5.80. The molecule has 2 aromatic carbocycles. The van der Waals surface area contributed by atoms with Gasteiger partial charge in [0.1, 0.15) is 11.6 Å². The van der Waals surface area contributed by atoms with Crippen LogP contribution in [-0.2, 0) is 16.0 Å². The number of ether oxygens (including phenoxy) is 1. The Labute approximate surface area is 164 Å². The van der Waals surface area contributed by atoms with E-state index in [4.69, 9.17) is 4.74 Å². The second-order valence-corrected chi connectivity index (χ2v) is 6.92. The van der Waals surface area contributed by atoms with Gasteiger partial charge in [-0.2, -0.15) is 0 Å². The number of hydrogen-bond acceptors (Lipinski definition) is 3. The molecule has 3 rings (SSSR count). The molecule has 5 nitrogen and oxygen atoms in total. The summed E-state index contributed by atoms with van der Waals surface area (Å²) in [5.74, 6) is 0.301. The summed E-state index contributed by atoms with van der Waals surface area (Å²) >= 11 is 0. The topological polar surface area (TPSA) is 58.6 Å². The number of halogens is 1. The number of nitrogens with one attached hydrogen (secondary N) is 1. The van der Waals surface area contributed by atoms with E-state index in [1.54, 1.807) is 17.0 Å². The summed E-state index contributed by atoms with van der Waals surface area (Å²) in [6, 6.07) is 15.5. The van der Waals surface area contributed by atoms with Crippen molar-refractivity contribution < 1.29 is 18.7 Å². The van der Waals surface area contributed by atoms with Gasteiger partial charge >= 0.3 is 0 Å². The van der Waals surface area contributed by atoms with E-state index in [1.807, 2.05) is 30.3 Å². The molecule has 1 heterocycles. The molecule has 2 amide bonds. The van der Waals surface area contributed by atoms with Crippen LogP contribution >= 0.6 is 0 Å². The summed E-state index contributed by atoms with van der Waals surface area (Å²) in [7, 11) is 0. The number of nitrogens with zero attached hydrogens (tertiary/aromatic N) is 1. The fourth-order valence-electron chi connectivity index (χ4n) is 3.27. The Hall–Kier alpha value is -2.89. The Balaban J connectivity index is 1.35. The molecule has 148 valence electrons. The molecule has 0 unspecified atom stereocenters. The molecule has 0 bridgehead atoms. The maximum Gasteiger partial charge on any atom is 0.260 e. The SMILES string of the molecule is O=C(NCCc1ccc(F)cc1)C1CCN(C(=O)COc2ccccc2)CC1. The predicted octanol–water partition coefficient (Wildman–Crippen LogP) is 2.80. The van der Waals surface area contributed by atoms with Crippen LogP contribution in [0.1, 0.15) is 18.4 Å². The molecular formula is C22H25FN2O3. The first kappa shape index (κ1) is 19.9. The van der Waals surface area contributed by atoms with E-state index in [2.05, 4.69) is 5.32 Å². The molecule has 0 radical (unpaired) electrons. The van der Waals surface area contributed by atoms with Crippen molar-refractivity contribution in [3.05, 3.63) is 66.0 Å².